The highest BCUT2D eigenvalue weighted by atomic mass is 35.5. The van der Waals surface area contributed by atoms with Crippen molar-refractivity contribution in [2.75, 3.05) is 11.9 Å². The molecule has 0 aliphatic rings. The van der Waals surface area contributed by atoms with E-state index in [2.05, 4.69) is 10.4 Å². The van der Waals surface area contributed by atoms with E-state index in [0.717, 1.165) is 11.3 Å². The summed E-state index contributed by atoms with van der Waals surface area (Å²) in [5, 5.41) is 7.95. The minimum Gasteiger partial charge on any atom is -0.491 e. The number of nitrogens with zero attached hydrogens (tertiary/aromatic N) is 2. The Bertz CT molecular complexity index is 613. The van der Waals surface area contributed by atoms with Gasteiger partial charge in [0.1, 0.15) is 5.15 Å². The van der Waals surface area contributed by atoms with E-state index in [4.69, 9.17) is 16.3 Å². The second kappa shape index (κ2) is 6.13. The van der Waals surface area contributed by atoms with Crippen LogP contribution in [0.3, 0.4) is 0 Å². The quantitative estimate of drug-likeness (QED) is 0.917. The van der Waals surface area contributed by atoms with Gasteiger partial charge in [0, 0.05) is 30.9 Å². The molecule has 0 saturated carbocycles. The van der Waals surface area contributed by atoms with Crippen molar-refractivity contribution in [3.8, 4) is 5.75 Å². The molecule has 2 rings (SSSR count). The summed E-state index contributed by atoms with van der Waals surface area (Å²) in [5.74, 6) is -0.125. The normalized spacial score (nSPS) is 10.7. The Balaban J connectivity index is 2.09. The van der Waals surface area contributed by atoms with Crippen molar-refractivity contribution in [2.24, 2.45) is 7.05 Å². The van der Waals surface area contributed by atoms with Gasteiger partial charge in [-0.3, -0.25) is 4.68 Å². The summed E-state index contributed by atoms with van der Waals surface area (Å²) in [6, 6.07) is 4.79. The summed E-state index contributed by atoms with van der Waals surface area (Å²) in [7, 11) is 1.79. The van der Waals surface area contributed by atoms with Crippen molar-refractivity contribution < 1.29 is 9.13 Å². The molecule has 0 saturated heterocycles. The van der Waals surface area contributed by atoms with Crippen LogP contribution in [0.1, 0.15) is 18.2 Å². The van der Waals surface area contributed by atoms with Gasteiger partial charge in [-0.1, -0.05) is 11.6 Å². The van der Waals surface area contributed by atoms with Crippen LogP contribution in [0.4, 0.5) is 10.1 Å². The lowest BCUT2D eigenvalue weighted by molar-refractivity contribution is 0.321. The molecule has 2 aromatic rings. The molecule has 0 radical (unpaired) electrons. The van der Waals surface area contributed by atoms with E-state index in [1.165, 1.54) is 6.07 Å². The fourth-order valence-electron chi connectivity index (χ4n) is 1.95. The first-order valence-electron chi connectivity index (χ1n) is 6.37. The number of hydrogen-bond donors (Lipinski definition) is 1. The Hall–Kier alpha value is -1.75. The zero-order valence-electron chi connectivity index (χ0n) is 11.7. The largest absolute Gasteiger partial charge is 0.491 e. The highest BCUT2D eigenvalue weighted by molar-refractivity contribution is 6.30. The van der Waals surface area contributed by atoms with Gasteiger partial charge in [0.25, 0.3) is 0 Å². The summed E-state index contributed by atoms with van der Waals surface area (Å²) in [6.45, 7) is 4.64. The van der Waals surface area contributed by atoms with Crippen molar-refractivity contribution in [3.05, 3.63) is 40.4 Å². The smallest absolute Gasteiger partial charge is 0.167 e. The summed E-state index contributed by atoms with van der Waals surface area (Å²) < 4.78 is 20.5. The molecule has 6 heteroatoms. The average Bonchev–Trinajstić information content (AvgIpc) is 2.64. The minimum absolute atomic E-state index is 0.258. The van der Waals surface area contributed by atoms with Gasteiger partial charge in [-0.15, -0.1) is 0 Å². The third-order valence-corrected chi connectivity index (χ3v) is 3.44. The molecule has 4 nitrogen and oxygen atoms in total. The Morgan fingerprint density at radius 2 is 2.20 bits per heavy atom. The second-order valence-electron chi connectivity index (χ2n) is 4.41. The first kappa shape index (κ1) is 14.7. The molecule has 1 aromatic heterocycles. The standard InChI is InChI=1S/C14H17ClFN3O/c1-4-20-13-6-5-10(7-12(13)16)17-8-11-9(2)18-19(3)14(11)15/h5-7,17H,4,8H2,1-3H3. The molecule has 0 aliphatic heterocycles. The van der Waals surface area contributed by atoms with E-state index in [1.807, 2.05) is 13.8 Å². The van der Waals surface area contributed by atoms with Gasteiger partial charge in [0.15, 0.2) is 11.6 Å². The molecule has 20 heavy (non-hydrogen) atoms. The molecule has 0 amide bonds. The average molecular weight is 298 g/mol. The van der Waals surface area contributed by atoms with Gasteiger partial charge < -0.3 is 10.1 Å². The maximum atomic E-state index is 13.7. The van der Waals surface area contributed by atoms with E-state index in [9.17, 15) is 4.39 Å². The number of rotatable bonds is 5. The van der Waals surface area contributed by atoms with Crippen LogP contribution >= 0.6 is 11.6 Å². The predicted molar refractivity (Wildman–Crippen MR) is 77.9 cm³/mol. The number of nitrogens with one attached hydrogen (secondary N) is 1. The Labute approximate surface area is 122 Å². The van der Waals surface area contributed by atoms with Crippen molar-refractivity contribution >= 4 is 17.3 Å². The number of aryl methyl sites for hydroxylation is 2. The molecular formula is C14H17ClFN3O. The maximum Gasteiger partial charge on any atom is 0.167 e. The Kier molecular flexibility index (Phi) is 4.49. The summed E-state index contributed by atoms with van der Waals surface area (Å²) >= 11 is 6.14. The lowest BCUT2D eigenvalue weighted by Gasteiger charge is -2.09. The van der Waals surface area contributed by atoms with Crippen molar-refractivity contribution in [2.45, 2.75) is 20.4 Å². The number of ether oxygens (including phenoxy) is 1. The summed E-state index contributed by atoms with van der Waals surface area (Å²) in [6.07, 6.45) is 0. The summed E-state index contributed by atoms with van der Waals surface area (Å²) in [4.78, 5) is 0. The van der Waals surface area contributed by atoms with Gasteiger partial charge >= 0.3 is 0 Å². The number of aromatic nitrogens is 2. The molecule has 0 bridgehead atoms. The SMILES string of the molecule is CCOc1ccc(NCc2c(C)nn(C)c2Cl)cc1F. The van der Waals surface area contributed by atoms with Crippen LogP contribution in [-0.2, 0) is 13.6 Å². The van der Waals surface area contributed by atoms with Gasteiger partial charge in [-0.25, -0.2) is 4.39 Å². The van der Waals surface area contributed by atoms with Crippen LogP contribution in [0.2, 0.25) is 5.15 Å². The van der Waals surface area contributed by atoms with E-state index < -0.39 is 0 Å². The Morgan fingerprint density at radius 1 is 1.45 bits per heavy atom. The topological polar surface area (TPSA) is 39.1 Å². The molecule has 0 spiro atoms. The van der Waals surface area contributed by atoms with Crippen LogP contribution < -0.4 is 10.1 Å². The zero-order chi connectivity index (χ0) is 14.7. The van der Waals surface area contributed by atoms with Gasteiger partial charge in [0.2, 0.25) is 0 Å². The highest BCUT2D eigenvalue weighted by Crippen LogP contribution is 2.23. The van der Waals surface area contributed by atoms with Gasteiger partial charge in [0.05, 0.1) is 12.3 Å². The number of anilines is 1. The number of halogens is 2. The lowest BCUT2D eigenvalue weighted by atomic mass is 10.2. The van der Waals surface area contributed by atoms with Gasteiger partial charge in [-0.2, -0.15) is 5.10 Å². The predicted octanol–water partition coefficient (Wildman–Crippen LogP) is 3.53. The monoisotopic (exact) mass is 297 g/mol. The van der Waals surface area contributed by atoms with Crippen LogP contribution in [0.5, 0.6) is 5.75 Å². The third-order valence-electron chi connectivity index (χ3n) is 2.97. The fourth-order valence-corrected chi connectivity index (χ4v) is 2.19. The lowest BCUT2D eigenvalue weighted by Crippen LogP contribution is -2.02. The minimum atomic E-state index is -0.383. The van der Waals surface area contributed by atoms with Crippen LogP contribution in [0.25, 0.3) is 0 Å². The first-order chi connectivity index (χ1) is 9.52. The van der Waals surface area contributed by atoms with Crippen LogP contribution in [0.15, 0.2) is 18.2 Å². The zero-order valence-corrected chi connectivity index (χ0v) is 12.5. The van der Waals surface area contributed by atoms with Crippen molar-refractivity contribution in [1.82, 2.24) is 9.78 Å². The maximum absolute atomic E-state index is 13.7. The van der Waals surface area contributed by atoms with Crippen LogP contribution in [-0.4, -0.2) is 16.4 Å². The molecule has 0 fully saturated rings. The highest BCUT2D eigenvalue weighted by Gasteiger charge is 2.11. The van der Waals surface area contributed by atoms with Crippen molar-refractivity contribution in [1.29, 1.82) is 0 Å². The van der Waals surface area contributed by atoms with Crippen molar-refractivity contribution in [3.63, 3.8) is 0 Å². The van der Waals surface area contributed by atoms with E-state index >= 15 is 0 Å². The number of hydrogen-bond acceptors (Lipinski definition) is 3. The van der Waals surface area contributed by atoms with Crippen LogP contribution in [0, 0.1) is 12.7 Å². The van der Waals surface area contributed by atoms with E-state index in [0.29, 0.717) is 24.0 Å². The molecular weight excluding hydrogens is 281 g/mol. The first-order valence-corrected chi connectivity index (χ1v) is 6.75. The van der Waals surface area contributed by atoms with E-state index in [1.54, 1.807) is 23.9 Å². The third kappa shape index (κ3) is 3.04. The molecule has 1 N–H and O–H groups in total. The molecule has 0 aliphatic carbocycles. The molecule has 0 atom stereocenters. The van der Waals surface area contributed by atoms with Gasteiger partial charge in [-0.05, 0) is 26.0 Å². The second-order valence-corrected chi connectivity index (χ2v) is 4.77. The number of benzene rings is 1. The molecule has 1 heterocycles. The van der Waals surface area contributed by atoms with E-state index in [-0.39, 0.29) is 11.6 Å². The fraction of sp³-hybridized carbons (Fsp3) is 0.357. The summed E-state index contributed by atoms with van der Waals surface area (Å²) in [5.41, 5.74) is 2.44. The Morgan fingerprint density at radius 3 is 2.75 bits per heavy atom. The molecule has 108 valence electrons. The molecule has 1 aromatic carbocycles. The molecule has 0 unspecified atom stereocenters.